The summed E-state index contributed by atoms with van der Waals surface area (Å²) in [5.41, 5.74) is 10.3. The van der Waals surface area contributed by atoms with Crippen molar-refractivity contribution in [1.29, 1.82) is 0 Å². The van der Waals surface area contributed by atoms with Crippen LogP contribution in [0.3, 0.4) is 0 Å². The van der Waals surface area contributed by atoms with Crippen molar-refractivity contribution >= 4 is 29.2 Å². The van der Waals surface area contributed by atoms with E-state index in [0.717, 1.165) is 12.8 Å². The van der Waals surface area contributed by atoms with Crippen molar-refractivity contribution < 1.29 is 9.90 Å². The molecule has 1 aliphatic carbocycles. The molecule has 0 radical (unpaired) electrons. The molecule has 0 unspecified atom stereocenters. The van der Waals surface area contributed by atoms with Crippen molar-refractivity contribution in [3.05, 3.63) is 105 Å². The van der Waals surface area contributed by atoms with Crippen LogP contribution in [-0.2, 0) is 0 Å². The van der Waals surface area contributed by atoms with E-state index in [2.05, 4.69) is 30.3 Å². The summed E-state index contributed by atoms with van der Waals surface area (Å²) in [6.07, 6.45) is 2.05. The molecule has 144 valence electrons. The van der Waals surface area contributed by atoms with Crippen molar-refractivity contribution in [2.45, 2.75) is 24.8 Å². The quantitative estimate of drug-likeness (QED) is 0.517. The summed E-state index contributed by atoms with van der Waals surface area (Å²) >= 11 is 12.1. The van der Waals surface area contributed by atoms with Gasteiger partial charge in [-0.3, -0.25) is 0 Å². The number of carboxylic acids is 1. The summed E-state index contributed by atoms with van der Waals surface area (Å²) < 4.78 is 0. The average Bonchev–Trinajstić information content (AvgIpc) is 2.72. The predicted octanol–water partition coefficient (Wildman–Crippen LogP) is 6.30. The first kappa shape index (κ1) is 20.4. The van der Waals surface area contributed by atoms with E-state index in [-0.39, 0.29) is 6.04 Å². The fourth-order valence-electron chi connectivity index (χ4n) is 3.48. The summed E-state index contributed by atoms with van der Waals surface area (Å²) in [7, 11) is 0. The molecule has 28 heavy (non-hydrogen) atoms. The zero-order valence-electron chi connectivity index (χ0n) is 15.2. The molecule has 0 amide bonds. The highest BCUT2D eigenvalue weighted by atomic mass is 35.5. The van der Waals surface area contributed by atoms with Gasteiger partial charge in [-0.25, -0.2) is 4.79 Å². The molecule has 0 spiro atoms. The molecular weight excluding hydrogens is 393 g/mol. The lowest BCUT2D eigenvalue weighted by Gasteiger charge is -2.30. The average molecular weight is 414 g/mol. The Labute approximate surface area is 174 Å². The van der Waals surface area contributed by atoms with E-state index in [1.807, 2.05) is 12.1 Å². The van der Waals surface area contributed by atoms with E-state index in [1.54, 1.807) is 30.3 Å². The Morgan fingerprint density at radius 3 is 2.11 bits per heavy atom. The van der Waals surface area contributed by atoms with Gasteiger partial charge in [0.2, 0.25) is 0 Å². The third kappa shape index (κ3) is 4.74. The molecule has 1 aliphatic rings. The number of carbonyl (C=O) groups is 1. The maximum absolute atomic E-state index is 10.2. The number of aromatic carboxylic acids is 1. The van der Waals surface area contributed by atoms with E-state index in [9.17, 15) is 4.79 Å². The highest BCUT2D eigenvalue weighted by Gasteiger charge is 2.26. The molecule has 3 N–H and O–H groups in total. The van der Waals surface area contributed by atoms with Crippen molar-refractivity contribution in [3.63, 3.8) is 0 Å². The van der Waals surface area contributed by atoms with E-state index in [1.165, 1.54) is 16.7 Å². The topological polar surface area (TPSA) is 63.3 Å². The van der Waals surface area contributed by atoms with Crippen LogP contribution in [0.1, 0.15) is 51.8 Å². The Morgan fingerprint density at radius 2 is 1.50 bits per heavy atom. The maximum Gasteiger partial charge on any atom is 0.335 e. The summed E-state index contributed by atoms with van der Waals surface area (Å²) in [4.78, 5) is 10.2. The van der Waals surface area contributed by atoms with Crippen molar-refractivity contribution in [3.8, 4) is 0 Å². The first-order valence-corrected chi connectivity index (χ1v) is 9.80. The van der Waals surface area contributed by atoms with Crippen molar-refractivity contribution in [2.24, 2.45) is 5.73 Å². The third-order valence-electron chi connectivity index (χ3n) is 4.90. The summed E-state index contributed by atoms with van der Waals surface area (Å²) in [5.74, 6) is -0.513. The van der Waals surface area contributed by atoms with Gasteiger partial charge in [-0.1, -0.05) is 71.7 Å². The Kier molecular flexibility index (Phi) is 6.74. The van der Waals surface area contributed by atoms with Gasteiger partial charge >= 0.3 is 5.97 Å². The Balaban J connectivity index is 0.000000211. The van der Waals surface area contributed by atoms with Gasteiger partial charge in [-0.05, 0) is 53.8 Å². The normalized spacial score (nSPS) is 17.8. The molecule has 0 fully saturated rings. The van der Waals surface area contributed by atoms with Crippen LogP contribution in [0.5, 0.6) is 0 Å². The molecule has 5 heteroatoms. The highest BCUT2D eigenvalue weighted by molar-refractivity contribution is 6.42. The maximum atomic E-state index is 10.2. The van der Waals surface area contributed by atoms with Crippen LogP contribution in [0.4, 0.5) is 0 Å². The summed E-state index contributed by atoms with van der Waals surface area (Å²) in [6.45, 7) is 0. The molecule has 0 aromatic heterocycles. The molecule has 3 aromatic rings. The zero-order valence-corrected chi connectivity index (χ0v) is 16.7. The monoisotopic (exact) mass is 413 g/mol. The Morgan fingerprint density at radius 1 is 0.857 bits per heavy atom. The largest absolute Gasteiger partial charge is 0.478 e. The molecule has 0 aliphatic heterocycles. The first-order valence-electron chi connectivity index (χ1n) is 9.05. The molecule has 2 atom stereocenters. The minimum absolute atomic E-state index is 0.148. The Hall–Kier alpha value is -2.33. The van der Waals surface area contributed by atoms with Crippen LogP contribution in [0.15, 0.2) is 72.8 Å². The van der Waals surface area contributed by atoms with Crippen molar-refractivity contribution in [2.75, 3.05) is 0 Å². The second kappa shape index (κ2) is 9.24. The Bertz CT molecular complexity index is 960. The van der Waals surface area contributed by atoms with E-state index < -0.39 is 5.97 Å². The van der Waals surface area contributed by atoms with Gasteiger partial charge in [0.05, 0.1) is 15.6 Å². The van der Waals surface area contributed by atoms with Gasteiger partial charge in [-0.15, -0.1) is 0 Å². The molecular formula is C23H21Cl2NO2. The SMILES string of the molecule is N[C@H]1CC[C@@H](c2ccc(Cl)c(Cl)c2)c2ccccc21.O=C(O)c1ccccc1. The number of carboxylic acid groups (broad SMARTS) is 1. The zero-order chi connectivity index (χ0) is 20.1. The van der Waals surface area contributed by atoms with Crippen LogP contribution in [0, 0.1) is 0 Å². The van der Waals surface area contributed by atoms with E-state index in [4.69, 9.17) is 34.0 Å². The van der Waals surface area contributed by atoms with Gasteiger partial charge < -0.3 is 10.8 Å². The van der Waals surface area contributed by atoms with Gasteiger partial charge in [0.15, 0.2) is 0 Å². The van der Waals surface area contributed by atoms with E-state index in [0.29, 0.717) is 21.5 Å². The first-order chi connectivity index (χ1) is 13.5. The van der Waals surface area contributed by atoms with Crippen molar-refractivity contribution in [1.82, 2.24) is 0 Å². The number of halogens is 2. The number of hydrogen-bond donors (Lipinski definition) is 2. The molecule has 4 rings (SSSR count). The van der Waals surface area contributed by atoms with Gasteiger partial charge in [-0.2, -0.15) is 0 Å². The minimum atomic E-state index is -0.879. The molecule has 3 nitrogen and oxygen atoms in total. The van der Waals surface area contributed by atoms with Crippen LogP contribution in [-0.4, -0.2) is 11.1 Å². The number of nitrogens with two attached hydrogens (primary N) is 1. The molecule has 0 saturated carbocycles. The van der Waals surface area contributed by atoms with Crippen LogP contribution < -0.4 is 5.73 Å². The third-order valence-corrected chi connectivity index (χ3v) is 5.64. The number of hydrogen-bond acceptors (Lipinski definition) is 2. The summed E-state index contributed by atoms with van der Waals surface area (Å²) in [6, 6.07) is 22.8. The molecule has 3 aromatic carbocycles. The fourth-order valence-corrected chi connectivity index (χ4v) is 3.79. The highest BCUT2D eigenvalue weighted by Crippen LogP contribution is 2.41. The molecule has 0 bridgehead atoms. The van der Waals surface area contributed by atoms with Gasteiger partial charge in [0.25, 0.3) is 0 Å². The molecule has 0 heterocycles. The lowest BCUT2D eigenvalue weighted by molar-refractivity contribution is 0.0697. The number of rotatable bonds is 2. The number of benzene rings is 3. The second-order valence-corrected chi connectivity index (χ2v) is 7.52. The van der Waals surface area contributed by atoms with Gasteiger partial charge in [0.1, 0.15) is 0 Å². The number of fused-ring (bicyclic) bond motifs is 1. The standard InChI is InChI=1S/C16H15Cl2N.C7H6O2/c17-14-7-5-10(9-15(14)18)11-6-8-16(19)13-4-2-1-3-12(11)13;8-7(9)6-4-2-1-3-5-6/h1-5,7,9,11,16H,6,8,19H2;1-5H,(H,8,9)/t11-,16-;/m0./s1. The summed E-state index contributed by atoms with van der Waals surface area (Å²) in [5, 5.41) is 9.60. The van der Waals surface area contributed by atoms with Crippen LogP contribution in [0.25, 0.3) is 0 Å². The molecule has 0 saturated heterocycles. The minimum Gasteiger partial charge on any atom is -0.478 e. The lowest BCUT2D eigenvalue weighted by atomic mass is 9.77. The van der Waals surface area contributed by atoms with E-state index >= 15 is 0 Å². The second-order valence-electron chi connectivity index (χ2n) is 6.71. The van der Waals surface area contributed by atoms with Crippen LogP contribution >= 0.6 is 23.2 Å². The van der Waals surface area contributed by atoms with Crippen LogP contribution in [0.2, 0.25) is 10.0 Å². The van der Waals surface area contributed by atoms with Gasteiger partial charge in [0, 0.05) is 12.0 Å². The smallest absolute Gasteiger partial charge is 0.335 e. The predicted molar refractivity (Wildman–Crippen MR) is 114 cm³/mol. The lowest BCUT2D eigenvalue weighted by Crippen LogP contribution is -2.20. The fraction of sp³-hybridized carbons (Fsp3) is 0.174.